The van der Waals surface area contributed by atoms with Crippen molar-refractivity contribution in [1.29, 1.82) is 0 Å². The second-order valence-electron chi connectivity index (χ2n) is 4.01. The highest BCUT2D eigenvalue weighted by atomic mass is 19.1. The zero-order valence-electron chi connectivity index (χ0n) is 10.6. The highest BCUT2D eigenvalue weighted by molar-refractivity contribution is 5.60. The van der Waals surface area contributed by atoms with Crippen molar-refractivity contribution in [3.63, 3.8) is 0 Å². The molecule has 0 unspecified atom stereocenters. The van der Waals surface area contributed by atoms with E-state index in [2.05, 4.69) is 15.1 Å². The van der Waals surface area contributed by atoms with E-state index in [1.165, 1.54) is 12.3 Å². The summed E-state index contributed by atoms with van der Waals surface area (Å²) in [6.45, 7) is 0. The number of methoxy groups -OCH3 is 1. The molecule has 0 bridgehead atoms. The smallest absolute Gasteiger partial charge is 0.261 e. The molecule has 3 aromatic rings. The molecule has 5 nitrogen and oxygen atoms in total. The summed E-state index contributed by atoms with van der Waals surface area (Å²) < 4.78 is 23.7. The third-order valence-electron chi connectivity index (χ3n) is 2.78. The van der Waals surface area contributed by atoms with Crippen LogP contribution >= 0.6 is 0 Å². The predicted octanol–water partition coefficient (Wildman–Crippen LogP) is 2.95. The lowest BCUT2D eigenvalue weighted by Gasteiger charge is -1.99. The summed E-state index contributed by atoms with van der Waals surface area (Å²) in [5, 5.41) is 3.85. The van der Waals surface area contributed by atoms with Crippen molar-refractivity contribution >= 4 is 0 Å². The molecule has 2 heterocycles. The Kier molecular flexibility index (Phi) is 3.12. The molecular formula is C14H10FN3O2. The molecule has 1 aromatic carbocycles. The second kappa shape index (κ2) is 5.08. The van der Waals surface area contributed by atoms with Crippen LogP contribution in [0.2, 0.25) is 0 Å². The lowest BCUT2D eigenvalue weighted by molar-refractivity contribution is 0.414. The molecule has 6 heteroatoms. The molecule has 0 aliphatic rings. The minimum absolute atomic E-state index is 0.121. The molecule has 0 spiro atoms. The Bertz CT molecular complexity index is 725. The molecule has 100 valence electrons. The van der Waals surface area contributed by atoms with E-state index in [4.69, 9.17) is 9.26 Å². The number of nitrogens with zero attached hydrogens (tertiary/aromatic N) is 3. The molecule has 0 aliphatic carbocycles. The summed E-state index contributed by atoms with van der Waals surface area (Å²) in [5.74, 6) is 0.740. The molecule has 20 heavy (non-hydrogen) atoms. The maximum atomic E-state index is 13.6. The molecule has 0 radical (unpaired) electrons. The highest BCUT2D eigenvalue weighted by Gasteiger charge is 2.14. The number of benzene rings is 1. The van der Waals surface area contributed by atoms with Crippen LogP contribution in [0.1, 0.15) is 0 Å². The normalized spacial score (nSPS) is 10.5. The van der Waals surface area contributed by atoms with E-state index in [0.717, 1.165) is 17.5 Å². The van der Waals surface area contributed by atoms with Crippen LogP contribution in [0, 0.1) is 5.82 Å². The van der Waals surface area contributed by atoms with Crippen LogP contribution in [0.15, 0.2) is 47.2 Å². The van der Waals surface area contributed by atoms with Crippen LogP contribution < -0.4 is 4.74 Å². The van der Waals surface area contributed by atoms with E-state index in [-0.39, 0.29) is 11.5 Å². The molecule has 2 aromatic heterocycles. The highest BCUT2D eigenvalue weighted by Crippen LogP contribution is 2.24. The van der Waals surface area contributed by atoms with E-state index >= 15 is 0 Å². The SMILES string of the molecule is COc1ccc(-c2noc(-c3ccncc3F)n2)cc1. The largest absolute Gasteiger partial charge is 0.497 e. The number of pyridine rings is 1. The molecule has 0 amide bonds. The molecular weight excluding hydrogens is 261 g/mol. The van der Waals surface area contributed by atoms with Crippen molar-refractivity contribution in [2.45, 2.75) is 0 Å². The van der Waals surface area contributed by atoms with Gasteiger partial charge in [-0.2, -0.15) is 4.98 Å². The van der Waals surface area contributed by atoms with Crippen molar-refractivity contribution in [1.82, 2.24) is 15.1 Å². The summed E-state index contributed by atoms with van der Waals surface area (Å²) in [6, 6.07) is 8.67. The van der Waals surface area contributed by atoms with Gasteiger partial charge in [0.1, 0.15) is 5.75 Å². The van der Waals surface area contributed by atoms with Gasteiger partial charge in [0.2, 0.25) is 5.82 Å². The van der Waals surface area contributed by atoms with Gasteiger partial charge in [0.15, 0.2) is 5.82 Å². The van der Waals surface area contributed by atoms with Gasteiger partial charge in [-0.1, -0.05) is 5.16 Å². The van der Waals surface area contributed by atoms with Crippen molar-refractivity contribution < 1.29 is 13.7 Å². The van der Waals surface area contributed by atoms with Gasteiger partial charge < -0.3 is 9.26 Å². The Morgan fingerprint density at radius 1 is 1.15 bits per heavy atom. The average Bonchev–Trinajstić information content (AvgIpc) is 2.97. The third kappa shape index (κ3) is 2.23. The molecule has 0 N–H and O–H groups in total. The maximum Gasteiger partial charge on any atom is 0.261 e. The van der Waals surface area contributed by atoms with E-state index < -0.39 is 5.82 Å². The Labute approximate surface area is 114 Å². The van der Waals surface area contributed by atoms with Crippen molar-refractivity contribution in [2.75, 3.05) is 7.11 Å². The van der Waals surface area contributed by atoms with E-state index in [1.807, 2.05) is 0 Å². The van der Waals surface area contributed by atoms with Gasteiger partial charge in [-0.15, -0.1) is 0 Å². The van der Waals surface area contributed by atoms with Gasteiger partial charge in [0, 0.05) is 11.8 Å². The van der Waals surface area contributed by atoms with Crippen molar-refractivity contribution in [3.05, 3.63) is 48.5 Å². The monoisotopic (exact) mass is 271 g/mol. The van der Waals surface area contributed by atoms with Crippen LogP contribution in [-0.2, 0) is 0 Å². The zero-order valence-corrected chi connectivity index (χ0v) is 10.6. The Balaban J connectivity index is 1.95. The van der Waals surface area contributed by atoms with Gasteiger partial charge in [-0.3, -0.25) is 4.98 Å². The summed E-state index contributed by atoms with van der Waals surface area (Å²) in [5.41, 5.74) is 0.988. The van der Waals surface area contributed by atoms with E-state index in [9.17, 15) is 4.39 Å². The van der Waals surface area contributed by atoms with Crippen LogP contribution in [-0.4, -0.2) is 22.2 Å². The molecule has 0 fully saturated rings. The van der Waals surface area contributed by atoms with Crippen LogP contribution in [0.3, 0.4) is 0 Å². The summed E-state index contributed by atoms with van der Waals surface area (Å²) in [6.07, 6.45) is 2.57. The van der Waals surface area contributed by atoms with Crippen molar-refractivity contribution in [2.24, 2.45) is 0 Å². The summed E-state index contributed by atoms with van der Waals surface area (Å²) >= 11 is 0. The molecule has 0 atom stereocenters. The lowest BCUT2D eigenvalue weighted by atomic mass is 10.2. The number of hydrogen-bond donors (Lipinski definition) is 0. The Morgan fingerprint density at radius 2 is 1.95 bits per heavy atom. The number of rotatable bonds is 3. The fourth-order valence-electron chi connectivity index (χ4n) is 1.74. The standard InChI is InChI=1S/C14H10FN3O2/c1-19-10-4-2-9(3-5-10)13-17-14(20-18-13)11-6-7-16-8-12(11)15/h2-8H,1H3. The Morgan fingerprint density at radius 3 is 2.65 bits per heavy atom. The molecule has 0 aliphatic heterocycles. The predicted molar refractivity (Wildman–Crippen MR) is 69.5 cm³/mol. The number of aromatic nitrogens is 3. The first kappa shape index (κ1) is 12.3. The minimum atomic E-state index is -0.502. The first-order chi connectivity index (χ1) is 9.78. The van der Waals surface area contributed by atoms with E-state index in [0.29, 0.717) is 5.82 Å². The second-order valence-corrected chi connectivity index (χ2v) is 4.01. The third-order valence-corrected chi connectivity index (χ3v) is 2.78. The fraction of sp³-hybridized carbons (Fsp3) is 0.0714. The van der Waals surface area contributed by atoms with Crippen LogP contribution in [0.4, 0.5) is 4.39 Å². The quantitative estimate of drug-likeness (QED) is 0.733. The zero-order chi connectivity index (χ0) is 13.9. The van der Waals surface area contributed by atoms with E-state index in [1.54, 1.807) is 31.4 Å². The maximum absolute atomic E-state index is 13.6. The van der Waals surface area contributed by atoms with Gasteiger partial charge in [0.25, 0.3) is 5.89 Å². The first-order valence-corrected chi connectivity index (χ1v) is 5.86. The fourth-order valence-corrected chi connectivity index (χ4v) is 1.74. The van der Waals surface area contributed by atoms with Gasteiger partial charge in [-0.05, 0) is 30.3 Å². The van der Waals surface area contributed by atoms with Gasteiger partial charge in [0.05, 0.1) is 18.9 Å². The molecule has 3 rings (SSSR count). The topological polar surface area (TPSA) is 61.0 Å². The summed E-state index contributed by atoms with van der Waals surface area (Å²) in [7, 11) is 1.59. The Hall–Kier alpha value is -2.76. The van der Waals surface area contributed by atoms with Crippen molar-refractivity contribution in [3.8, 4) is 28.6 Å². The molecule has 0 saturated carbocycles. The minimum Gasteiger partial charge on any atom is -0.497 e. The molecule has 0 saturated heterocycles. The van der Waals surface area contributed by atoms with Gasteiger partial charge >= 0.3 is 0 Å². The van der Waals surface area contributed by atoms with Gasteiger partial charge in [-0.25, -0.2) is 4.39 Å². The average molecular weight is 271 g/mol. The van der Waals surface area contributed by atoms with Crippen LogP contribution in [0.25, 0.3) is 22.8 Å². The number of ether oxygens (including phenoxy) is 1. The number of hydrogen-bond acceptors (Lipinski definition) is 5. The lowest BCUT2D eigenvalue weighted by Crippen LogP contribution is -1.86. The summed E-state index contributed by atoms with van der Waals surface area (Å²) in [4.78, 5) is 7.86. The van der Waals surface area contributed by atoms with Crippen LogP contribution in [0.5, 0.6) is 5.75 Å². The first-order valence-electron chi connectivity index (χ1n) is 5.86. The number of halogens is 1.